The molecule has 1 aromatic heterocycles. The highest BCUT2D eigenvalue weighted by Crippen LogP contribution is 2.24. The number of rotatable bonds is 5. The van der Waals surface area contributed by atoms with E-state index in [1.165, 1.54) is 6.92 Å². The van der Waals surface area contributed by atoms with Crippen molar-refractivity contribution < 1.29 is 14.4 Å². The molecule has 0 aliphatic heterocycles. The summed E-state index contributed by atoms with van der Waals surface area (Å²) < 4.78 is 0. The number of amides is 3. The fourth-order valence-corrected chi connectivity index (χ4v) is 3.48. The second-order valence-electron chi connectivity index (χ2n) is 6.47. The largest absolute Gasteiger partial charge is 0.325 e. The van der Waals surface area contributed by atoms with Crippen LogP contribution in [-0.4, -0.2) is 22.7 Å². The maximum absolute atomic E-state index is 12.5. The molecule has 3 rings (SSSR count). The van der Waals surface area contributed by atoms with Crippen molar-refractivity contribution in [3.8, 4) is 0 Å². The number of aromatic nitrogens is 1. The molecule has 148 valence electrons. The van der Waals surface area contributed by atoms with E-state index < -0.39 is 6.03 Å². The van der Waals surface area contributed by atoms with Crippen molar-refractivity contribution in [3.05, 3.63) is 70.2 Å². The Balaban J connectivity index is 1.65. The summed E-state index contributed by atoms with van der Waals surface area (Å²) in [5, 5.41) is 8.48. The minimum Gasteiger partial charge on any atom is -0.321 e. The van der Waals surface area contributed by atoms with Gasteiger partial charge in [0.1, 0.15) is 4.88 Å². The van der Waals surface area contributed by atoms with Gasteiger partial charge in [0.2, 0.25) is 0 Å². The number of aryl methyl sites for hydroxylation is 2. The molecule has 0 unspecified atom stereocenters. The number of hydrogen-bond acceptors (Lipinski definition) is 5. The summed E-state index contributed by atoms with van der Waals surface area (Å²) in [7, 11) is 0. The van der Waals surface area contributed by atoms with Crippen LogP contribution in [0.25, 0.3) is 0 Å². The van der Waals surface area contributed by atoms with E-state index >= 15 is 0 Å². The zero-order chi connectivity index (χ0) is 21.0. The first-order valence-corrected chi connectivity index (χ1v) is 9.68. The van der Waals surface area contributed by atoms with Crippen LogP contribution in [0.4, 0.5) is 21.3 Å². The van der Waals surface area contributed by atoms with E-state index in [0.717, 1.165) is 16.9 Å². The second-order valence-corrected chi connectivity index (χ2v) is 7.47. The molecule has 0 saturated heterocycles. The SMILES string of the molecule is CC(=O)c1ccc(NC(=O)c2sc(NC(=O)Nc3cccc(C)c3)nc2C)cc1. The van der Waals surface area contributed by atoms with Crippen molar-refractivity contribution in [1.29, 1.82) is 0 Å². The molecule has 0 saturated carbocycles. The van der Waals surface area contributed by atoms with Crippen molar-refractivity contribution >= 4 is 45.6 Å². The highest BCUT2D eigenvalue weighted by molar-refractivity contribution is 7.17. The molecule has 3 aromatic rings. The van der Waals surface area contributed by atoms with Crippen LogP contribution < -0.4 is 16.0 Å². The lowest BCUT2D eigenvalue weighted by molar-refractivity contribution is 0.101. The highest BCUT2D eigenvalue weighted by atomic mass is 32.1. The molecule has 0 fully saturated rings. The van der Waals surface area contributed by atoms with E-state index in [2.05, 4.69) is 20.9 Å². The lowest BCUT2D eigenvalue weighted by Crippen LogP contribution is -2.19. The van der Waals surface area contributed by atoms with Crippen LogP contribution in [0.2, 0.25) is 0 Å². The third kappa shape index (κ3) is 5.26. The average Bonchev–Trinajstić information content (AvgIpc) is 3.02. The van der Waals surface area contributed by atoms with E-state index in [-0.39, 0.29) is 11.7 Å². The Morgan fingerprint density at radius 3 is 2.28 bits per heavy atom. The van der Waals surface area contributed by atoms with Crippen molar-refractivity contribution in [2.24, 2.45) is 0 Å². The first kappa shape index (κ1) is 20.2. The number of benzene rings is 2. The second kappa shape index (κ2) is 8.66. The monoisotopic (exact) mass is 408 g/mol. The maximum Gasteiger partial charge on any atom is 0.325 e. The van der Waals surface area contributed by atoms with Gasteiger partial charge < -0.3 is 10.6 Å². The van der Waals surface area contributed by atoms with Gasteiger partial charge in [-0.2, -0.15) is 0 Å². The number of carbonyl (C=O) groups excluding carboxylic acids is 3. The van der Waals surface area contributed by atoms with E-state index in [1.807, 2.05) is 25.1 Å². The number of hydrogen-bond donors (Lipinski definition) is 3. The molecule has 2 aromatic carbocycles. The Morgan fingerprint density at radius 2 is 1.62 bits per heavy atom. The van der Waals surface area contributed by atoms with Crippen molar-refractivity contribution in [1.82, 2.24) is 4.98 Å². The quantitative estimate of drug-likeness (QED) is 0.525. The maximum atomic E-state index is 12.5. The number of urea groups is 1. The number of nitrogens with zero attached hydrogens (tertiary/aromatic N) is 1. The van der Waals surface area contributed by atoms with E-state index in [4.69, 9.17) is 0 Å². The van der Waals surface area contributed by atoms with Crippen LogP contribution in [0.3, 0.4) is 0 Å². The minimum atomic E-state index is -0.434. The molecule has 0 aliphatic carbocycles. The van der Waals surface area contributed by atoms with Gasteiger partial charge in [0.25, 0.3) is 5.91 Å². The lowest BCUT2D eigenvalue weighted by Gasteiger charge is -2.06. The zero-order valence-corrected chi connectivity index (χ0v) is 17.0. The molecule has 0 atom stereocenters. The first-order valence-electron chi connectivity index (χ1n) is 8.86. The summed E-state index contributed by atoms with van der Waals surface area (Å²) in [6.45, 7) is 5.12. The molecule has 3 amide bonds. The zero-order valence-electron chi connectivity index (χ0n) is 16.2. The molecule has 1 heterocycles. The van der Waals surface area contributed by atoms with Gasteiger partial charge >= 0.3 is 6.03 Å². The van der Waals surface area contributed by atoms with Crippen LogP contribution in [0.15, 0.2) is 48.5 Å². The normalized spacial score (nSPS) is 10.3. The van der Waals surface area contributed by atoms with Gasteiger partial charge in [-0.1, -0.05) is 23.5 Å². The summed E-state index contributed by atoms with van der Waals surface area (Å²) in [6.07, 6.45) is 0. The molecule has 8 heteroatoms. The minimum absolute atomic E-state index is 0.0409. The fourth-order valence-electron chi connectivity index (χ4n) is 2.62. The van der Waals surface area contributed by atoms with Crippen molar-refractivity contribution in [2.75, 3.05) is 16.0 Å². The number of ketones is 1. The summed E-state index contributed by atoms with van der Waals surface area (Å²) in [6, 6.07) is 13.6. The first-order chi connectivity index (χ1) is 13.8. The van der Waals surface area contributed by atoms with Gasteiger partial charge in [0, 0.05) is 16.9 Å². The molecule has 3 N–H and O–H groups in total. The van der Waals surface area contributed by atoms with E-state index in [0.29, 0.717) is 32.6 Å². The average molecular weight is 408 g/mol. The summed E-state index contributed by atoms with van der Waals surface area (Å²) >= 11 is 1.09. The molecular formula is C21H20N4O3S. The van der Waals surface area contributed by atoms with Gasteiger partial charge in [-0.25, -0.2) is 9.78 Å². The van der Waals surface area contributed by atoms with E-state index in [1.54, 1.807) is 37.3 Å². The third-order valence-corrected chi connectivity index (χ3v) is 5.12. The number of anilines is 3. The van der Waals surface area contributed by atoms with Crippen LogP contribution >= 0.6 is 11.3 Å². The van der Waals surface area contributed by atoms with Crippen molar-refractivity contribution in [3.63, 3.8) is 0 Å². The predicted octanol–water partition coefficient (Wildman–Crippen LogP) is 4.86. The molecule has 0 bridgehead atoms. The van der Waals surface area contributed by atoms with Crippen LogP contribution in [0, 0.1) is 13.8 Å². The van der Waals surface area contributed by atoms with Crippen molar-refractivity contribution in [2.45, 2.75) is 20.8 Å². The predicted molar refractivity (Wildman–Crippen MR) is 115 cm³/mol. The number of carbonyl (C=O) groups is 3. The smallest absolute Gasteiger partial charge is 0.321 e. The number of nitrogens with one attached hydrogen (secondary N) is 3. The van der Waals surface area contributed by atoms with Gasteiger partial charge in [0.15, 0.2) is 10.9 Å². The topological polar surface area (TPSA) is 100 Å². The fraction of sp³-hybridized carbons (Fsp3) is 0.143. The van der Waals surface area contributed by atoms with Crippen LogP contribution in [0.5, 0.6) is 0 Å². The third-order valence-electron chi connectivity index (χ3n) is 4.05. The summed E-state index contributed by atoms with van der Waals surface area (Å²) in [4.78, 5) is 40.7. The van der Waals surface area contributed by atoms with Gasteiger partial charge in [-0.05, 0) is 62.7 Å². The standard InChI is InChI=1S/C21H20N4O3S/c1-12-5-4-6-17(11-12)24-20(28)25-21-22-13(2)18(29-21)19(27)23-16-9-7-15(8-10-16)14(3)26/h4-11H,1-3H3,(H,23,27)(H2,22,24,25,28). The molecule has 0 radical (unpaired) electrons. The van der Waals surface area contributed by atoms with Crippen LogP contribution in [-0.2, 0) is 0 Å². The molecular weight excluding hydrogens is 388 g/mol. The molecule has 29 heavy (non-hydrogen) atoms. The Kier molecular flexibility index (Phi) is 6.04. The van der Waals surface area contributed by atoms with Crippen LogP contribution in [0.1, 0.15) is 38.2 Å². The van der Waals surface area contributed by atoms with E-state index in [9.17, 15) is 14.4 Å². The van der Waals surface area contributed by atoms with Gasteiger partial charge in [-0.3, -0.25) is 14.9 Å². The number of Topliss-reactive ketones (excluding diaryl/α,β-unsaturated/α-hetero) is 1. The Hall–Kier alpha value is -3.52. The highest BCUT2D eigenvalue weighted by Gasteiger charge is 2.17. The Labute approximate surface area is 172 Å². The summed E-state index contributed by atoms with van der Waals surface area (Å²) in [5.41, 5.74) is 3.35. The molecule has 7 nitrogen and oxygen atoms in total. The van der Waals surface area contributed by atoms with Gasteiger partial charge in [-0.15, -0.1) is 0 Å². The van der Waals surface area contributed by atoms with Gasteiger partial charge in [0.05, 0.1) is 5.69 Å². The lowest BCUT2D eigenvalue weighted by atomic mass is 10.1. The Bertz CT molecular complexity index is 1070. The molecule has 0 spiro atoms. The Morgan fingerprint density at radius 1 is 0.897 bits per heavy atom. The number of thiazole rings is 1. The summed E-state index contributed by atoms with van der Waals surface area (Å²) in [5.74, 6) is -0.372. The molecule has 0 aliphatic rings.